The first kappa shape index (κ1) is 15.6. The summed E-state index contributed by atoms with van der Waals surface area (Å²) in [7, 11) is 0. The van der Waals surface area contributed by atoms with Gasteiger partial charge in [0.15, 0.2) is 0 Å². The van der Waals surface area contributed by atoms with Crippen molar-refractivity contribution in [2.45, 2.75) is 52.3 Å². The number of hydrogen-bond donors (Lipinski definition) is 0. The van der Waals surface area contributed by atoms with E-state index in [1.165, 1.54) is 18.4 Å². The normalized spacial score (nSPS) is 17.2. The van der Waals surface area contributed by atoms with Crippen LogP contribution in [0.1, 0.15) is 57.7 Å². The van der Waals surface area contributed by atoms with Gasteiger partial charge in [-0.25, -0.2) is 4.98 Å². The first-order valence-electron chi connectivity index (χ1n) is 7.83. The predicted molar refractivity (Wildman–Crippen MR) is 87.7 cm³/mol. The van der Waals surface area contributed by atoms with Crippen molar-refractivity contribution in [3.05, 3.63) is 23.4 Å². The highest BCUT2D eigenvalue weighted by atomic mass is 35.5. The van der Waals surface area contributed by atoms with Crippen molar-refractivity contribution < 1.29 is 0 Å². The van der Waals surface area contributed by atoms with Gasteiger partial charge in [-0.2, -0.15) is 0 Å². The van der Waals surface area contributed by atoms with Crippen molar-refractivity contribution in [1.29, 1.82) is 0 Å². The minimum Gasteiger partial charge on any atom is -0.357 e. The Kier molecular flexibility index (Phi) is 5.31. The van der Waals surface area contributed by atoms with Crippen LogP contribution in [0.15, 0.2) is 12.1 Å². The lowest BCUT2D eigenvalue weighted by atomic mass is 9.87. The van der Waals surface area contributed by atoms with Crippen LogP contribution >= 0.6 is 11.6 Å². The number of piperidine rings is 1. The molecule has 0 aromatic carbocycles. The third kappa shape index (κ3) is 3.66. The molecule has 2 heterocycles. The Labute approximate surface area is 128 Å². The lowest BCUT2D eigenvalue weighted by Crippen LogP contribution is -2.35. The standard InChI is InChI=1S/C17H27ClN2/c1-12(2)15-5-7-20(8-6-15)17-10-14(11-18)9-16(19-17)13(3)4/h9-10,12-13,15H,5-8,11H2,1-4H3. The Bertz CT molecular complexity index is 435. The first-order valence-corrected chi connectivity index (χ1v) is 8.36. The average Bonchev–Trinajstić information content (AvgIpc) is 2.46. The van der Waals surface area contributed by atoms with Gasteiger partial charge in [-0.3, -0.25) is 0 Å². The van der Waals surface area contributed by atoms with E-state index in [0.29, 0.717) is 11.8 Å². The van der Waals surface area contributed by atoms with E-state index in [-0.39, 0.29) is 0 Å². The quantitative estimate of drug-likeness (QED) is 0.740. The second kappa shape index (κ2) is 6.80. The lowest BCUT2D eigenvalue weighted by Gasteiger charge is -2.35. The van der Waals surface area contributed by atoms with Crippen LogP contribution in [0.3, 0.4) is 0 Å². The van der Waals surface area contributed by atoms with E-state index < -0.39 is 0 Å². The molecular formula is C17H27ClN2. The van der Waals surface area contributed by atoms with Crippen LogP contribution < -0.4 is 4.90 Å². The molecule has 1 fully saturated rings. The van der Waals surface area contributed by atoms with Gasteiger partial charge in [0.2, 0.25) is 0 Å². The van der Waals surface area contributed by atoms with Crippen molar-refractivity contribution in [2.24, 2.45) is 11.8 Å². The summed E-state index contributed by atoms with van der Waals surface area (Å²) in [4.78, 5) is 7.27. The van der Waals surface area contributed by atoms with Crippen LogP contribution in [-0.2, 0) is 5.88 Å². The molecule has 20 heavy (non-hydrogen) atoms. The molecule has 0 atom stereocenters. The lowest BCUT2D eigenvalue weighted by molar-refractivity contribution is 0.310. The van der Waals surface area contributed by atoms with E-state index in [2.05, 4.69) is 44.7 Å². The van der Waals surface area contributed by atoms with Gasteiger partial charge in [-0.1, -0.05) is 27.7 Å². The topological polar surface area (TPSA) is 16.1 Å². The summed E-state index contributed by atoms with van der Waals surface area (Å²) >= 11 is 6.03. The Hall–Kier alpha value is -0.760. The van der Waals surface area contributed by atoms with E-state index in [1.807, 2.05) is 0 Å². The molecular weight excluding hydrogens is 268 g/mol. The Morgan fingerprint density at radius 2 is 1.85 bits per heavy atom. The molecule has 0 radical (unpaired) electrons. The Morgan fingerprint density at radius 1 is 1.20 bits per heavy atom. The van der Waals surface area contributed by atoms with Crippen molar-refractivity contribution in [3.63, 3.8) is 0 Å². The molecule has 0 N–H and O–H groups in total. The zero-order valence-electron chi connectivity index (χ0n) is 13.2. The summed E-state index contributed by atoms with van der Waals surface area (Å²) in [6.45, 7) is 11.3. The maximum absolute atomic E-state index is 6.03. The van der Waals surface area contributed by atoms with Gasteiger partial charge in [0, 0.05) is 24.7 Å². The van der Waals surface area contributed by atoms with Gasteiger partial charge in [0.05, 0.1) is 0 Å². The highest BCUT2D eigenvalue weighted by molar-refractivity contribution is 6.17. The third-order valence-electron chi connectivity index (χ3n) is 4.44. The summed E-state index contributed by atoms with van der Waals surface area (Å²) in [5.41, 5.74) is 2.34. The number of nitrogens with zero attached hydrogens (tertiary/aromatic N) is 2. The molecule has 3 heteroatoms. The maximum atomic E-state index is 6.03. The molecule has 0 saturated carbocycles. The van der Waals surface area contributed by atoms with Crippen LogP contribution in [0.2, 0.25) is 0 Å². The van der Waals surface area contributed by atoms with Gasteiger partial charge in [0.25, 0.3) is 0 Å². The molecule has 1 aliphatic rings. The number of alkyl halides is 1. The highest BCUT2D eigenvalue weighted by Crippen LogP contribution is 2.28. The smallest absolute Gasteiger partial charge is 0.129 e. The summed E-state index contributed by atoms with van der Waals surface area (Å²) in [6, 6.07) is 4.30. The molecule has 0 amide bonds. The molecule has 1 aromatic rings. The predicted octanol–water partition coefficient (Wildman–Crippen LogP) is 4.82. The highest BCUT2D eigenvalue weighted by Gasteiger charge is 2.22. The molecule has 0 aliphatic carbocycles. The van der Waals surface area contributed by atoms with Crippen molar-refractivity contribution in [1.82, 2.24) is 4.98 Å². The average molecular weight is 295 g/mol. The van der Waals surface area contributed by atoms with Gasteiger partial charge in [0.1, 0.15) is 5.82 Å². The molecule has 1 saturated heterocycles. The van der Waals surface area contributed by atoms with E-state index >= 15 is 0 Å². The minimum atomic E-state index is 0.449. The van der Waals surface area contributed by atoms with Crippen molar-refractivity contribution >= 4 is 17.4 Å². The van der Waals surface area contributed by atoms with E-state index in [9.17, 15) is 0 Å². The van der Waals surface area contributed by atoms with E-state index in [1.54, 1.807) is 0 Å². The molecule has 2 rings (SSSR count). The SMILES string of the molecule is CC(C)c1cc(CCl)cc(N2CCC(C(C)C)CC2)n1. The molecule has 2 nitrogen and oxygen atoms in total. The fourth-order valence-corrected chi connectivity index (χ4v) is 3.08. The largest absolute Gasteiger partial charge is 0.357 e. The van der Waals surface area contributed by atoms with Crippen LogP contribution in [0.4, 0.5) is 5.82 Å². The number of halogens is 1. The zero-order valence-corrected chi connectivity index (χ0v) is 14.0. The maximum Gasteiger partial charge on any atom is 0.129 e. The van der Waals surface area contributed by atoms with Crippen LogP contribution in [0, 0.1) is 11.8 Å². The second-order valence-corrected chi connectivity index (χ2v) is 6.88. The summed E-state index contributed by atoms with van der Waals surface area (Å²) in [6.07, 6.45) is 2.56. The molecule has 0 bridgehead atoms. The van der Waals surface area contributed by atoms with E-state index in [4.69, 9.17) is 16.6 Å². The third-order valence-corrected chi connectivity index (χ3v) is 4.75. The first-order chi connectivity index (χ1) is 9.51. The van der Waals surface area contributed by atoms with Crippen molar-refractivity contribution in [2.75, 3.05) is 18.0 Å². The summed E-state index contributed by atoms with van der Waals surface area (Å²) in [5.74, 6) is 3.80. The van der Waals surface area contributed by atoms with Crippen LogP contribution in [0.25, 0.3) is 0 Å². The molecule has 112 valence electrons. The van der Waals surface area contributed by atoms with Gasteiger partial charge in [-0.15, -0.1) is 11.6 Å². The number of pyridine rings is 1. The zero-order chi connectivity index (χ0) is 14.7. The van der Waals surface area contributed by atoms with Crippen LogP contribution in [0.5, 0.6) is 0 Å². The molecule has 1 aromatic heterocycles. The Morgan fingerprint density at radius 3 is 2.35 bits per heavy atom. The number of hydrogen-bond acceptors (Lipinski definition) is 2. The summed E-state index contributed by atoms with van der Waals surface area (Å²) in [5, 5.41) is 0. The monoisotopic (exact) mass is 294 g/mol. The molecule has 0 spiro atoms. The van der Waals surface area contributed by atoms with Crippen molar-refractivity contribution in [3.8, 4) is 0 Å². The van der Waals surface area contributed by atoms with Crippen LogP contribution in [-0.4, -0.2) is 18.1 Å². The van der Waals surface area contributed by atoms with Gasteiger partial charge < -0.3 is 4.90 Å². The second-order valence-electron chi connectivity index (χ2n) is 6.62. The molecule has 0 unspecified atom stereocenters. The number of rotatable bonds is 4. The number of anilines is 1. The molecule has 1 aliphatic heterocycles. The fourth-order valence-electron chi connectivity index (χ4n) is 2.92. The minimum absolute atomic E-state index is 0.449. The van der Waals surface area contributed by atoms with Gasteiger partial charge in [-0.05, 0) is 48.3 Å². The summed E-state index contributed by atoms with van der Waals surface area (Å²) < 4.78 is 0. The Balaban J connectivity index is 2.15. The number of aromatic nitrogens is 1. The van der Waals surface area contributed by atoms with Gasteiger partial charge >= 0.3 is 0 Å². The fraction of sp³-hybridized carbons (Fsp3) is 0.706. The van der Waals surface area contributed by atoms with E-state index in [0.717, 1.165) is 36.4 Å².